The lowest BCUT2D eigenvalue weighted by atomic mass is 9.77. The topological polar surface area (TPSA) is 43.4 Å². The molecule has 0 unspecified atom stereocenters. The number of carbonyl (C=O) groups excluding carboxylic acids is 2. The molecular weight excluding hydrogens is 348 g/mol. The normalized spacial score (nSPS) is 21.5. The lowest BCUT2D eigenvalue weighted by Gasteiger charge is -2.29. The van der Waals surface area contributed by atoms with E-state index < -0.39 is 11.9 Å². The fraction of sp³-hybridized carbons (Fsp3) is 0.440. The van der Waals surface area contributed by atoms with E-state index in [2.05, 4.69) is 35.9 Å². The van der Waals surface area contributed by atoms with Crippen molar-refractivity contribution >= 4 is 11.9 Å². The van der Waals surface area contributed by atoms with Gasteiger partial charge in [-0.2, -0.15) is 0 Å². The molecule has 2 aromatic rings. The van der Waals surface area contributed by atoms with Crippen molar-refractivity contribution in [1.82, 2.24) is 0 Å². The lowest BCUT2D eigenvalue weighted by Crippen LogP contribution is -2.13. The quantitative estimate of drug-likeness (QED) is 0.327. The predicted molar refractivity (Wildman–Crippen MR) is 110 cm³/mol. The minimum Gasteiger partial charge on any atom is -0.386 e. The van der Waals surface area contributed by atoms with E-state index in [1.807, 2.05) is 6.07 Å². The van der Waals surface area contributed by atoms with E-state index in [4.69, 9.17) is 0 Å². The van der Waals surface area contributed by atoms with Gasteiger partial charge >= 0.3 is 11.9 Å². The molecule has 3 heteroatoms. The monoisotopic (exact) mass is 376 g/mol. The molecule has 1 aliphatic heterocycles. The Morgan fingerprint density at radius 2 is 1.50 bits per heavy atom. The van der Waals surface area contributed by atoms with Gasteiger partial charge < -0.3 is 4.74 Å². The first-order valence-electron chi connectivity index (χ1n) is 10.7. The molecule has 1 aliphatic carbocycles. The first-order chi connectivity index (χ1) is 13.7. The minimum absolute atomic E-state index is 0.362. The van der Waals surface area contributed by atoms with Crippen LogP contribution in [0.1, 0.15) is 90.5 Å². The Balaban J connectivity index is 1.41. The van der Waals surface area contributed by atoms with Gasteiger partial charge in [0.2, 0.25) is 0 Å². The van der Waals surface area contributed by atoms with Crippen molar-refractivity contribution < 1.29 is 14.3 Å². The van der Waals surface area contributed by atoms with Gasteiger partial charge in [-0.1, -0.05) is 62.9 Å². The Labute approximate surface area is 167 Å². The smallest absolute Gasteiger partial charge is 0.346 e. The number of carbonyl (C=O) groups is 2. The summed E-state index contributed by atoms with van der Waals surface area (Å²) in [5.74, 6) is 0.501. The van der Waals surface area contributed by atoms with Crippen LogP contribution in [0.2, 0.25) is 0 Å². The Morgan fingerprint density at radius 1 is 0.821 bits per heavy atom. The molecule has 2 aliphatic rings. The largest absolute Gasteiger partial charge is 0.386 e. The zero-order chi connectivity index (χ0) is 19.5. The van der Waals surface area contributed by atoms with Crippen molar-refractivity contribution in [1.29, 1.82) is 0 Å². The molecule has 4 rings (SSSR count). The molecule has 0 spiro atoms. The molecular formula is C25H28O3. The fourth-order valence-corrected chi connectivity index (χ4v) is 4.68. The molecule has 0 radical (unpaired) electrons. The number of cyclic esters (lactones) is 2. The summed E-state index contributed by atoms with van der Waals surface area (Å²) in [5, 5.41) is 0. The average molecular weight is 376 g/mol. The van der Waals surface area contributed by atoms with Crippen LogP contribution in [0.5, 0.6) is 0 Å². The summed E-state index contributed by atoms with van der Waals surface area (Å²) in [6.07, 6.45) is 10.8. The highest BCUT2D eigenvalue weighted by molar-refractivity contribution is 6.15. The Hall–Kier alpha value is -2.42. The number of unbranched alkanes of at least 4 members (excludes halogenated alkanes) is 2. The summed E-state index contributed by atoms with van der Waals surface area (Å²) in [5.41, 5.74) is 4.16. The zero-order valence-electron chi connectivity index (χ0n) is 16.6. The lowest BCUT2D eigenvalue weighted by molar-refractivity contribution is 0.0444. The van der Waals surface area contributed by atoms with Crippen LogP contribution in [0.3, 0.4) is 0 Å². The number of esters is 2. The van der Waals surface area contributed by atoms with Gasteiger partial charge in [0, 0.05) is 0 Å². The van der Waals surface area contributed by atoms with Gasteiger partial charge in [-0.25, -0.2) is 9.59 Å². The van der Waals surface area contributed by atoms with Gasteiger partial charge in [-0.3, -0.25) is 0 Å². The Morgan fingerprint density at radius 3 is 2.21 bits per heavy atom. The summed E-state index contributed by atoms with van der Waals surface area (Å²) in [4.78, 5) is 23.4. The highest BCUT2D eigenvalue weighted by atomic mass is 16.6. The molecule has 1 heterocycles. The molecule has 0 N–H and O–H groups in total. The molecule has 0 saturated heterocycles. The van der Waals surface area contributed by atoms with E-state index in [0.29, 0.717) is 17.0 Å². The molecule has 3 nitrogen and oxygen atoms in total. The van der Waals surface area contributed by atoms with Crippen molar-refractivity contribution in [3.05, 3.63) is 59.2 Å². The second-order valence-corrected chi connectivity index (χ2v) is 8.27. The van der Waals surface area contributed by atoms with Crippen LogP contribution in [0.25, 0.3) is 11.1 Å². The number of hydrogen-bond donors (Lipinski definition) is 0. The molecule has 0 bridgehead atoms. The maximum atomic E-state index is 11.8. The summed E-state index contributed by atoms with van der Waals surface area (Å²) >= 11 is 0. The van der Waals surface area contributed by atoms with Crippen molar-refractivity contribution in [2.75, 3.05) is 0 Å². The van der Waals surface area contributed by atoms with Crippen LogP contribution < -0.4 is 0 Å². The molecule has 0 aromatic heterocycles. The van der Waals surface area contributed by atoms with E-state index >= 15 is 0 Å². The summed E-state index contributed by atoms with van der Waals surface area (Å²) in [7, 11) is 0. The predicted octanol–water partition coefficient (Wildman–Crippen LogP) is 6.52. The fourth-order valence-electron chi connectivity index (χ4n) is 4.68. The highest BCUT2D eigenvalue weighted by Crippen LogP contribution is 2.38. The molecule has 146 valence electrons. The molecule has 0 amide bonds. The van der Waals surface area contributed by atoms with Crippen molar-refractivity contribution in [2.45, 2.75) is 64.2 Å². The van der Waals surface area contributed by atoms with E-state index in [9.17, 15) is 9.59 Å². The van der Waals surface area contributed by atoms with Crippen molar-refractivity contribution in [3.63, 3.8) is 0 Å². The van der Waals surface area contributed by atoms with Gasteiger partial charge in [-0.15, -0.1) is 0 Å². The van der Waals surface area contributed by atoms with E-state index in [1.54, 1.807) is 12.1 Å². The van der Waals surface area contributed by atoms with E-state index in [1.165, 1.54) is 56.9 Å². The van der Waals surface area contributed by atoms with Crippen LogP contribution in [0.15, 0.2) is 42.5 Å². The van der Waals surface area contributed by atoms with E-state index in [0.717, 1.165) is 17.0 Å². The SMILES string of the molecule is CCCCCC1CCC(c2ccc(-c3ccc4c(c3)C(=O)OC4=O)cc2)CC1. The summed E-state index contributed by atoms with van der Waals surface area (Å²) in [6.45, 7) is 2.27. The van der Waals surface area contributed by atoms with Crippen molar-refractivity contribution in [2.24, 2.45) is 5.92 Å². The molecule has 0 atom stereocenters. The van der Waals surface area contributed by atoms with Crippen LogP contribution in [-0.2, 0) is 4.74 Å². The van der Waals surface area contributed by atoms with Gasteiger partial charge in [0.1, 0.15) is 0 Å². The second kappa shape index (κ2) is 8.30. The van der Waals surface area contributed by atoms with Gasteiger partial charge in [-0.05, 0) is 66.3 Å². The number of benzene rings is 2. The number of rotatable bonds is 6. The van der Waals surface area contributed by atoms with Crippen LogP contribution in [-0.4, -0.2) is 11.9 Å². The van der Waals surface area contributed by atoms with E-state index in [-0.39, 0.29) is 0 Å². The van der Waals surface area contributed by atoms with Gasteiger partial charge in [0.05, 0.1) is 11.1 Å². The molecule has 2 aromatic carbocycles. The zero-order valence-corrected chi connectivity index (χ0v) is 16.6. The number of ether oxygens (including phenoxy) is 1. The third kappa shape index (κ3) is 3.89. The van der Waals surface area contributed by atoms with Gasteiger partial charge in [0.15, 0.2) is 0 Å². The summed E-state index contributed by atoms with van der Waals surface area (Å²) < 4.78 is 4.68. The van der Waals surface area contributed by atoms with Gasteiger partial charge in [0.25, 0.3) is 0 Å². The average Bonchev–Trinajstić information content (AvgIpc) is 3.02. The Bertz CT molecular complexity index is 858. The summed E-state index contributed by atoms with van der Waals surface area (Å²) in [6, 6.07) is 14.1. The van der Waals surface area contributed by atoms with Crippen LogP contribution in [0, 0.1) is 5.92 Å². The second-order valence-electron chi connectivity index (χ2n) is 8.27. The van der Waals surface area contributed by atoms with Crippen molar-refractivity contribution in [3.8, 4) is 11.1 Å². The number of fused-ring (bicyclic) bond motifs is 1. The molecule has 28 heavy (non-hydrogen) atoms. The molecule has 1 fully saturated rings. The van der Waals surface area contributed by atoms with Crippen LogP contribution in [0.4, 0.5) is 0 Å². The third-order valence-corrected chi connectivity index (χ3v) is 6.42. The number of hydrogen-bond acceptors (Lipinski definition) is 3. The third-order valence-electron chi connectivity index (χ3n) is 6.42. The Kier molecular flexibility index (Phi) is 5.61. The standard InChI is InChI=1S/C25H28O3/c1-2-3-4-5-17-6-8-18(9-7-17)19-10-12-20(13-11-19)21-14-15-22-23(16-21)25(27)28-24(22)26/h10-18H,2-9H2,1H3. The first kappa shape index (κ1) is 18.9. The first-order valence-corrected chi connectivity index (χ1v) is 10.7. The minimum atomic E-state index is -0.549. The maximum absolute atomic E-state index is 11.8. The maximum Gasteiger partial charge on any atom is 0.346 e. The van der Waals surface area contributed by atoms with Crippen LogP contribution >= 0.6 is 0 Å². The molecule has 1 saturated carbocycles. The highest BCUT2D eigenvalue weighted by Gasteiger charge is 2.29.